The first-order valence-electron chi connectivity index (χ1n) is 5.47. The Labute approximate surface area is 123 Å². The van der Waals surface area contributed by atoms with Gasteiger partial charge in [0, 0.05) is 6.20 Å². The fraction of sp³-hybridized carbons (Fsp3) is 0.0769. The van der Waals surface area contributed by atoms with Gasteiger partial charge in [0.05, 0.1) is 10.6 Å². The molecule has 0 bridgehead atoms. The SMILES string of the molecule is Cc1ccc(F)c(NC(=O)c2cc(Cl)ncc2Cl)c1F. The van der Waals surface area contributed by atoms with Gasteiger partial charge < -0.3 is 5.32 Å². The maximum absolute atomic E-state index is 13.8. The summed E-state index contributed by atoms with van der Waals surface area (Å²) in [7, 11) is 0. The number of hydrogen-bond donors (Lipinski definition) is 1. The van der Waals surface area contributed by atoms with Crippen molar-refractivity contribution in [3.63, 3.8) is 0 Å². The van der Waals surface area contributed by atoms with Crippen LogP contribution in [-0.2, 0) is 0 Å². The molecule has 0 aliphatic heterocycles. The number of nitrogens with zero attached hydrogens (tertiary/aromatic N) is 1. The van der Waals surface area contributed by atoms with Crippen LogP contribution in [0.15, 0.2) is 24.4 Å². The van der Waals surface area contributed by atoms with Crippen molar-refractivity contribution in [2.45, 2.75) is 6.92 Å². The molecule has 0 unspecified atom stereocenters. The first-order valence-corrected chi connectivity index (χ1v) is 6.22. The van der Waals surface area contributed by atoms with E-state index < -0.39 is 23.2 Å². The predicted octanol–water partition coefficient (Wildman–Crippen LogP) is 4.23. The molecule has 0 fully saturated rings. The van der Waals surface area contributed by atoms with Gasteiger partial charge in [0.1, 0.15) is 16.7 Å². The summed E-state index contributed by atoms with van der Waals surface area (Å²) in [5.41, 5.74) is -0.341. The van der Waals surface area contributed by atoms with Crippen LogP contribution in [0.2, 0.25) is 10.2 Å². The third-order valence-corrected chi connectivity index (χ3v) is 3.10. The van der Waals surface area contributed by atoms with Crippen molar-refractivity contribution in [3.05, 3.63) is 57.3 Å². The molecule has 20 heavy (non-hydrogen) atoms. The highest BCUT2D eigenvalue weighted by Gasteiger charge is 2.17. The summed E-state index contributed by atoms with van der Waals surface area (Å²) in [5, 5.41) is 2.22. The molecule has 0 aliphatic carbocycles. The number of hydrogen-bond acceptors (Lipinski definition) is 2. The lowest BCUT2D eigenvalue weighted by molar-refractivity contribution is 0.102. The predicted molar refractivity (Wildman–Crippen MR) is 73.3 cm³/mol. The lowest BCUT2D eigenvalue weighted by Crippen LogP contribution is -2.15. The smallest absolute Gasteiger partial charge is 0.257 e. The summed E-state index contributed by atoms with van der Waals surface area (Å²) in [6, 6.07) is 3.55. The molecule has 1 amide bonds. The monoisotopic (exact) mass is 316 g/mol. The average molecular weight is 317 g/mol. The van der Waals surface area contributed by atoms with Gasteiger partial charge in [0.15, 0.2) is 5.82 Å². The van der Waals surface area contributed by atoms with Gasteiger partial charge in [-0.2, -0.15) is 0 Å². The van der Waals surface area contributed by atoms with Gasteiger partial charge in [-0.05, 0) is 24.6 Å². The van der Waals surface area contributed by atoms with E-state index in [4.69, 9.17) is 23.2 Å². The number of pyridine rings is 1. The Kier molecular flexibility index (Phi) is 4.20. The zero-order chi connectivity index (χ0) is 14.9. The van der Waals surface area contributed by atoms with Crippen molar-refractivity contribution in [1.82, 2.24) is 4.98 Å². The molecule has 1 N–H and O–H groups in total. The van der Waals surface area contributed by atoms with Crippen LogP contribution in [-0.4, -0.2) is 10.9 Å². The molecule has 0 saturated heterocycles. The third-order valence-electron chi connectivity index (χ3n) is 2.59. The highest BCUT2D eigenvalue weighted by atomic mass is 35.5. The molecule has 2 aromatic rings. The highest BCUT2D eigenvalue weighted by molar-refractivity contribution is 6.35. The number of benzene rings is 1. The minimum atomic E-state index is -0.877. The molecule has 0 saturated carbocycles. The van der Waals surface area contributed by atoms with E-state index in [1.54, 1.807) is 0 Å². The highest BCUT2D eigenvalue weighted by Crippen LogP contribution is 2.24. The second-order valence-electron chi connectivity index (χ2n) is 3.99. The molecule has 104 valence electrons. The van der Waals surface area contributed by atoms with Crippen LogP contribution in [0.4, 0.5) is 14.5 Å². The first-order chi connectivity index (χ1) is 9.40. The molecular formula is C13H8Cl2F2N2O. The van der Waals surface area contributed by atoms with Gasteiger partial charge in [0.25, 0.3) is 5.91 Å². The molecule has 3 nitrogen and oxygen atoms in total. The lowest BCUT2D eigenvalue weighted by atomic mass is 10.2. The lowest BCUT2D eigenvalue weighted by Gasteiger charge is -2.10. The van der Waals surface area contributed by atoms with Gasteiger partial charge in [-0.15, -0.1) is 0 Å². The van der Waals surface area contributed by atoms with E-state index in [9.17, 15) is 13.6 Å². The third kappa shape index (κ3) is 2.89. The van der Waals surface area contributed by atoms with Crippen LogP contribution in [0.25, 0.3) is 0 Å². The number of aromatic nitrogens is 1. The van der Waals surface area contributed by atoms with Crippen molar-refractivity contribution in [3.8, 4) is 0 Å². The molecule has 0 aliphatic rings. The second-order valence-corrected chi connectivity index (χ2v) is 4.79. The minimum absolute atomic E-state index is 0.0213. The second kappa shape index (κ2) is 5.73. The Morgan fingerprint density at radius 3 is 2.70 bits per heavy atom. The normalized spacial score (nSPS) is 10.4. The number of aryl methyl sites for hydroxylation is 1. The van der Waals surface area contributed by atoms with E-state index in [0.717, 1.165) is 6.07 Å². The number of amides is 1. The van der Waals surface area contributed by atoms with Crippen LogP contribution < -0.4 is 5.32 Å². The Morgan fingerprint density at radius 1 is 1.30 bits per heavy atom. The molecule has 1 aromatic carbocycles. The quantitative estimate of drug-likeness (QED) is 0.842. The fourth-order valence-electron chi connectivity index (χ4n) is 1.54. The Morgan fingerprint density at radius 2 is 2.00 bits per heavy atom. The maximum atomic E-state index is 13.8. The van der Waals surface area contributed by atoms with Crippen LogP contribution >= 0.6 is 23.2 Å². The molecule has 7 heteroatoms. The Balaban J connectivity index is 2.38. The van der Waals surface area contributed by atoms with Crippen molar-refractivity contribution in [2.75, 3.05) is 5.32 Å². The van der Waals surface area contributed by atoms with Gasteiger partial charge >= 0.3 is 0 Å². The molecular weight excluding hydrogens is 309 g/mol. The maximum Gasteiger partial charge on any atom is 0.257 e. The van der Waals surface area contributed by atoms with Crippen molar-refractivity contribution in [2.24, 2.45) is 0 Å². The van der Waals surface area contributed by atoms with Crippen molar-refractivity contribution < 1.29 is 13.6 Å². The van der Waals surface area contributed by atoms with E-state index in [0.29, 0.717) is 0 Å². The molecule has 0 spiro atoms. The zero-order valence-corrected chi connectivity index (χ0v) is 11.7. The van der Waals surface area contributed by atoms with E-state index >= 15 is 0 Å². The number of anilines is 1. The van der Waals surface area contributed by atoms with E-state index in [-0.39, 0.29) is 21.3 Å². The summed E-state index contributed by atoms with van der Waals surface area (Å²) < 4.78 is 27.4. The number of carbonyl (C=O) groups is 1. The van der Waals surface area contributed by atoms with Crippen LogP contribution in [0.3, 0.4) is 0 Å². The Hall–Kier alpha value is -1.72. The minimum Gasteiger partial charge on any atom is -0.317 e. The summed E-state index contributed by atoms with van der Waals surface area (Å²) in [6.45, 7) is 1.46. The fourth-order valence-corrected chi connectivity index (χ4v) is 1.89. The molecule has 2 rings (SSSR count). The number of carbonyl (C=O) groups excluding carboxylic acids is 1. The van der Waals surface area contributed by atoms with Gasteiger partial charge in [-0.1, -0.05) is 29.3 Å². The van der Waals surface area contributed by atoms with E-state index in [2.05, 4.69) is 10.3 Å². The zero-order valence-electron chi connectivity index (χ0n) is 10.2. The molecule has 0 atom stereocenters. The Bertz CT molecular complexity index is 692. The van der Waals surface area contributed by atoms with Gasteiger partial charge in [-0.25, -0.2) is 13.8 Å². The summed E-state index contributed by atoms with van der Waals surface area (Å²) in [6.07, 6.45) is 1.18. The van der Waals surface area contributed by atoms with Crippen LogP contribution in [0, 0.1) is 18.6 Å². The largest absolute Gasteiger partial charge is 0.317 e. The topological polar surface area (TPSA) is 42.0 Å². The number of nitrogens with one attached hydrogen (secondary N) is 1. The number of rotatable bonds is 2. The first kappa shape index (κ1) is 14.7. The molecule has 0 radical (unpaired) electrons. The van der Waals surface area contributed by atoms with Crippen LogP contribution in [0.1, 0.15) is 15.9 Å². The molecule has 1 heterocycles. The molecule has 1 aromatic heterocycles. The standard InChI is InChI=1S/C13H8Cl2F2N2O/c1-6-2-3-9(16)12(11(6)17)19-13(20)7-4-10(15)18-5-8(7)14/h2-5H,1H3,(H,19,20). The summed E-state index contributed by atoms with van der Waals surface area (Å²) >= 11 is 11.5. The summed E-state index contributed by atoms with van der Waals surface area (Å²) in [4.78, 5) is 15.7. The van der Waals surface area contributed by atoms with Gasteiger partial charge in [0.2, 0.25) is 0 Å². The van der Waals surface area contributed by atoms with Crippen molar-refractivity contribution in [1.29, 1.82) is 0 Å². The summed E-state index contributed by atoms with van der Waals surface area (Å²) in [5.74, 6) is -2.49. The number of halogens is 4. The van der Waals surface area contributed by atoms with Gasteiger partial charge in [-0.3, -0.25) is 4.79 Å². The average Bonchev–Trinajstić information content (AvgIpc) is 2.41. The van der Waals surface area contributed by atoms with Crippen molar-refractivity contribution >= 4 is 34.8 Å². The van der Waals surface area contributed by atoms with E-state index in [1.807, 2.05) is 0 Å². The van der Waals surface area contributed by atoms with Crippen LogP contribution in [0.5, 0.6) is 0 Å². The van der Waals surface area contributed by atoms with E-state index in [1.165, 1.54) is 25.3 Å².